The minimum Gasteiger partial charge on any atom is -0.377 e. The molecule has 1 aliphatic heterocycles. The van der Waals surface area contributed by atoms with E-state index in [1.807, 2.05) is 0 Å². The Labute approximate surface area is 131 Å². The van der Waals surface area contributed by atoms with E-state index in [-0.39, 0.29) is 12.0 Å². The van der Waals surface area contributed by atoms with Gasteiger partial charge in [0.2, 0.25) is 5.91 Å². The van der Waals surface area contributed by atoms with Crippen LogP contribution in [-0.2, 0) is 9.53 Å². The van der Waals surface area contributed by atoms with Crippen LogP contribution in [0.4, 0.5) is 0 Å². The Balaban J connectivity index is 1.91. The minimum atomic E-state index is 0.219. The molecule has 1 amide bonds. The van der Waals surface area contributed by atoms with Crippen LogP contribution in [0.2, 0.25) is 0 Å². The van der Waals surface area contributed by atoms with Crippen molar-refractivity contribution in [3.8, 4) is 0 Å². The number of alkyl halides is 1. The summed E-state index contributed by atoms with van der Waals surface area (Å²) >= 11 is 3.51. The molecule has 1 saturated carbocycles. The van der Waals surface area contributed by atoms with Crippen molar-refractivity contribution in [1.29, 1.82) is 0 Å². The molecule has 1 atom stereocenters. The second-order valence-electron chi connectivity index (χ2n) is 7.33. The monoisotopic (exact) mass is 345 g/mol. The first-order valence-corrected chi connectivity index (χ1v) is 9.00. The number of halogens is 1. The highest BCUT2D eigenvalue weighted by Crippen LogP contribution is 2.40. The third-order valence-corrected chi connectivity index (χ3v) is 5.74. The van der Waals surface area contributed by atoms with Crippen molar-refractivity contribution in [2.24, 2.45) is 17.3 Å². The van der Waals surface area contributed by atoms with Crippen LogP contribution in [0, 0.1) is 17.3 Å². The van der Waals surface area contributed by atoms with Gasteiger partial charge in [0.1, 0.15) is 0 Å². The molecule has 4 heteroatoms. The molecule has 0 aromatic carbocycles. The van der Waals surface area contributed by atoms with Gasteiger partial charge in [-0.15, -0.1) is 0 Å². The predicted molar refractivity (Wildman–Crippen MR) is 85.0 cm³/mol. The van der Waals surface area contributed by atoms with Gasteiger partial charge in [0.15, 0.2) is 0 Å². The third kappa shape index (κ3) is 3.76. The molecule has 3 nitrogen and oxygen atoms in total. The van der Waals surface area contributed by atoms with E-state index < -0.39 is 0 Å². The molecule has 1 unspecified atom stereocenters. The summed E-state index contributed by atoms with van der Waals surface area (Å²) in [4.78, 5) is 14.8. The standard InChI is InChI=1S/C16H28BrNO2/c1-16(2,3)13-6-4-12(5-7-13)15(19)18-8-9-20-11-14(18)10-17/h12-14H,4-11H2,1-3H3. The van der Waals surface area contributed by atoms with E-state index in [0.29, 0.717) is 24.5 Å². The Morgan fingerprint density at radius 3 is 2.45 bits per heavy atom. The van der Waals surface area contributed by atoms with Gasteiger partial charge in [-0.2, -0.15) is 0 Å². The number of carbonyl (C=O) groups excluding carboxylic acids is 1. The van der Waals surface area contributed by atoms with Gasteiger partial charge in [-0.05, 0) is 37.0 Å². The molecule has 0 bridgehead atoms. The highest BCUT2D eigenvalue weighted by molar-refractivity contribution is 9.09. The van der Waals surface area contributed by atoms with Crippen molar-refractivity contribution in [3.05, 3.63) is 0 Å². The number of amides is 1. The SMILES string of the molecule is CC(C)(C)C1CCC(C(=O)N2CCOCC2CBr)CC1. The van der Waals surface area contributed by atoms with Gasteiger partial charge in [0, 0.05) is 17.8 Å². The Morgan fingerprint density at radius 1 is 1.25 bits per heavy atom. The maximum Gasteiger partial charge on any atom is 0.226 e. The number of carbonyl (C=O) groups is 1. The quantitative estimate of drug-likeness (QED) is 0.717. The van der Waals surface area contributed by atoms with E-state index in [4.69, 9.17) is 4.74 Å². The van der Waals surface area contributed by atoms with Crippen LogP contribution in [0.25, 0.3) is 0 Å². The fourth-order valence-corrected chi connectivity index (χ4v) is 4.05. The molecule has 116 valence electrons. The number of ether oxygens (including phenoxy) is 1. The lowest BCUT2D eigenvalue weighted by Gasteiger charge is -2.40. The number of morpholine rings is 1. The van der Waals surface area contributed by atoms with E-state index >= 15 is 0 Å². The average Bonchev–Trinajstić information content (AvgIpc) is 2.45. The van der Waals surface area contributed by atoms with Crippen LogP contribution in [0.5, 0.6) is 0 Å². The molecular weight excluding hydrogens is 318 g/mol. The zero-order chi connectivity index (χ0) is 14.8. The van der Waals surface area contributed by atoms with E-state index in [1.165, 1.54) is 12.8 Å². The summed E-state index contributed by atoms with van der Waals surface area (Å²) in [5.74, 6) is 1.38. The average molecular weight is 346 g/mol. The molecular formula is C16H28BrNO2. The first kappa shape index (κ1) is 16.3. The summed E-state index contributed by atoms with van der Waals surface area (Å²) in [5, 5.41) is 0.816. The minimum absolute atomic E-state index is 0.219. The van der Waals surface area contributed by atoms with Crippen LogP contribution in [0.3, 0.4) is 0 Å². The second-order valence-corrected chi connectivity index (χ2v) is 7.98. The molecule has 20 heavy (non-hydrogen) atoms. The molecule has 0 radical (unpaired) electrons. The molecule has 1 aliphatic carbocycles. The highest BCUT2D eigenvalue weighted by atomic mass is 79.9. The fraction of sp³-hybridized carbons (Fsp3) is 0.938. The summed E-state index contributed by atoms with van der Waals surface area (Å²) in [6.45, 7) is 9.09. The Morgan fingerprint density at radius 2 is 1.90 bits per heavy atom. The van der Waals surface area contributed by atoms with Crippen LogP contribution in [0.1, 0.15) is 46.5 Å². The lowest BCUT2D eigenvalue weighted by Crippen LogP contribution is -2.52. The summed E-state index contributed by atoms with van der Waals surface area (Å²) < 4.78 is 5.48. The lowest BCUT2D eigenvalue weighted by atomic mass is 9.69. The van der Waals surface area contributed by atoms with Crippen molar-refractivity contribution in [3.63, 3.8) is 0 Å². The van der Waals surface area contributed by atoms with E-state index in [1.54, 1.807) is 0 Å². The van der Waals surface area contributed by atoms with Crippen LogP contribution < -0.4 is 0 Å². The predicted octanol–water partition coefficient (Wildman–Crippen LogP) is 3.46. The largest absolute Gasteiger partial charge is 0.377 e. The smallest absolute Gasteiger partial charge is 0.226 e. The Kier molecular flexibility index (Phi) is 5.52. The van der Waals surface area contributed by atoms with Gasteiger partial charge in [0.05, 0.1) is 19.3 Å². The molecule has 0 N–H and O–H groups in total. The lowest BCUT2D eigenvalue weighted by molar-refractivity contribution is -0.145. The normalized spacial score (nSPS) is 32.2. The van der Waals surface area contributed by atoms with E-state index in [0.717, 1.165) is 30.6 Å². The van der Waals surface area contributed by atoms with Gasteiger partial charge in [-0.25, -0.2) is 0 Å². The van der Waals surface area contributed by atoms with Crippen molar-refractivity contribution in [1.82, 2.24) is 4.90 Å². The maximum absolute atomic E-state index is 12.7. The summed E-state index contributed by atoms with van der Waals surface area (Å²) in [7, 11) is 0. The van der Waals surface area contributed by atoms with Crippen molar-refractivity contribution < 1.29 is 9.53 Å². The van der Waals surface area contributed by atoms with Gasteiger partial charge in [-0.1, -0.05) is 36.7 Å². The van der Waals surface area contributed by atoms with Crippen LogP contribution in [-0.4, -0.2) is 41.9 Å². The Bertz CT molecular complexity index is 332. The van der Waals surface area contributed by atoms with Gasteiger partial charge in [-0.3, -0.25) is 4.79 Å². The van der Waals surface area contributed by atoms with Crippen molar-refractivity contribution >= 4 is 21.8 Å². The fourth-order valence-electron chi connectivity index (χ4n) is 3.51. The molecule has 2 rings (SSSR count). The number of hydrogen-bond acceptors (Lipinski definition) is 2. The van der Waals surface area contributed by atoms with Crippen molar-refractivity contribution in [2.45, 2.75) is 52.5 Å². The second kappa shape index (κ2) is 6.78. The maximum atomic E-state index is 12.7. The van der Waals surface area contributed by atoms with E-state index in [9.17, 15) is 4.79 Å². The molecule has 2 fully saturated rings. The zero-order valence-corrected chi connectivity index (χ0v) is 14.6. The van der Waals surface area contributed by atoms with Gasteiger partial charge >= 0.3 is 0 Å². The topological polar surface area (TPSA) is 29.5 Å². The molecule has 1 heterocycles. The van der Waals surface area contributed by atoms with Crippen LogP contribution >= 0.6 is 15.9 Å². The first-order valence-electron chi connectivity index (χ1n) is 7.87. The molecule has 0 spiro atoms. The van der Waals surface area contributed by atoms with Crippen LogP contribution in [0.15, 0.2) is 0 Å². The Hall–Kier alpha value is -0.0900. The van der Waals surface area contributed by atoms with Crippen molar-refractivity contribution in [2.75, 3.05) is 25.1 Å². The number of nitrogens with zero attached hydrogens (tertiary/aromatic N) is 1. The molecule has 0 aromatic rings. The number of rotatable bonds is 2. The third-order valence-electron chi connectivity index (χ3n) is 4.99. The first-order chi connectivity index (χ1) is 9.43. The molecule has 1 saturated heterocycles. The summed E-state index contributed by atoms with van der Waals surface area (Å²) in [6.07, 6.45) is 4.52. The summed E-state index contributed by atoms with van der Waals surface area (Å²) in [5.41, 5.74) is 0.380. The summed E-state index contributed by atoms with van der Waals surface area (Å²) in [6, 6.07) is 0.219. The van der Waals surface area contributed by atoms with E-state index in [2.05, 4.69) is 41.6 Å². The van der Waals surface area contributed by atoms with Gasteiger partial charge in [0.25, 0.3) is 0 Å². The molecule has 0 aromatic heterocycles. The van der Waals surface area contributed by atoms with Gasteiger partial charge < -0.3 is 9.64 Å². The highest BCUT2D eigenvalue weighted by Gasteiger charge is 2.36. The molecule has 2 aliphatic rings. The number of hydrogen-bond donors (Lipinski definition) is 0. The zero-order valence-electron chi connectivity index (χ0n) is 13.0.